The number of nitrogen functional groups attached to an aromatic ring is 2. The van der Waals surface area contributed by atoms with Crippen LogP contribution in [0.15, 0.2) is 12.1 Å². The number of unbranched alkanes of at least 4 members (excludes halogenated alkanes) is 1. The molecule has 0 aliphatic heterocycles. The van der Waals surface area contributed by atoms with Crippen LogP contribution in [0.5, 0.6) is 0 Å². The summed E-state index contributed by atoms with van der Waals surface area (Å²) >= 11 is 5.86. The minimum Gasteiger partial charge on any atom is -0.462 e. The third-order valence-electron chi connectivity index (χ3n) is 3.36. The number of anilines is 2. The Morgan fingerprint density at radius 1 is 1.30 bits per heavy atom. The number of halogens is 1. The van der Waals surface area contributed by atoms with Crippen LogP contribution in [-0.2, 0) is 4.74 Å². The van der Waals surface area contributed by atoms with Crippen molar-refractivity contribution in [1.82, 2.24) is 0 Å². The van der Waals surface area contributed by atoms with Crippen LogP contribution in [0, 0.1) is 5.92 Å². The van der Waals surface area contributed by atoms with Gasteiger partial charge in [-0.3, -0.25) is 0 Å². The average molecular weight is 299 g/mol. The van der Waals surface area contributed by atoms with Crippen molar-refractivity contribution < 1.29 is 9.53 Å². The van der Waals surface area contributed by atoms with Crippen LogP contribution in [0.4, 0.5) is 11.4 Å². The van der Waals surface area contributed by atoms with E-state index in [1.54, 1.807) is 0 Å². The first kappa shape index (κ1) is 16.6. The Morgan fingerprint density at radius 3 is 2.40 bits per heavy atom. The Hall–Kier alpha value is -1.42. The van der Waals surface area contributed by atoms with Gasteiger partial charge in [0.25, 0.3) is 0 Å². The fraction of sp³-hybridized carbons (Fsp3) is 0.533. The van der Waals surface area contributed by atoms with Gasteiger partial charge in [-0.1, -0.05) is 44.7 Å². The van der Waals surface area contributed by atoms with Gasteiger partial charge in [-0.15, -0.1) is 0 Å². The van der Waals surface area contributed by atoms with Crippen LogP contribution in [0.2, 0.25) is 5.02 Å². The highest BCUT2D eigenvalue weighted by molar-refractivity contribution is 6.35. The molecular weight excluding hydrogens is 276 g/mol. The lowest BCUT2D eigenvalue weighted by molar-refractivity contribution is 0.0428. The molecular formula is C15H23ClN2O2. The Morgan fingerprint density at radius 2 is 1.90 bits per heavy atom. The van der Waals surface area contributed by atoms with E-state index < -0.39 is 5.97 Å². The van der Waals surface area contributed by atoms with Gasteiger partial charge in [0, 0.05) is 0 Å². The zero-order valence-electron chi connectivity index (χ0n) is 12.1. The highest BCUT2D eigenvalue weighted by Crippen LogP contribution is 2.27. The first-order valence-electron chi connectivity index (χ1n) is 7.01. The van der Waals surface area contributed by atoms with Gasteiger partial charge >= 0.3 is 5.97 Å². The normalized spacial score (nSPS) is 12.2. The standard InChI is InChI=1S/C15H23ClN2O2/c1-3-5-6-10(4-2)9-20-15(19)11-7-12(17)14(16)13(18)8-11/h7-8,10H,3-6,9,17-18H2,1-2H3. The summed E-state index contributed by atoms with van der Waals surface area (Å²) in [7, 11) is 0. The Balaban J connectivity index is 2.62. The minimum atomic E-state index is -0.407. The largest absolute Gasteiger partial charge is 0.462 e. The SMILES string of the molecule is CCCCC(CC)COC(=O)c1cc(N)c(Cl)c(N)c1. The van der Waals surface area contributed by atoms with Crippen LogP contribution in [0.3, 0.4) is 0 Å². The van der Waals surface area contributed by atoms with Crippen LogP contribution in [-0.4, -0.2) is 12.6 Å². The number of hydrogen-bond donors (Lipinski definition) is 2. The lowest BCUT2D eigenvalue weighted by Crippen LogP contribution is -2.14. The summed E-state index contributed by atoms with van der Waals surface area (Å²) in [5, 5.41) is 0.274. The summed E-state index contributed by atoms with van der Waals surface area (Å²) in [6, 6.07) is 2.99. The Kier molecular flexibility index (Phi) is 6.65. The average Bonchev–Trinajstić information content (AvgIpc) is 2.44. The van der Waals surface area contributed by atoms with Crippen molar-refractivity contribution in [3.8, 4) is 0 Å². The number of ether oxygens (including phenoxy) is 1. The molecule has 0 saturated carbocycles. The molecule has 0 heterocycles. The van der Waals surface area contributed by atoms with Crippen LogP contribution in [0.25, 0.3) is 0 Å². The first-order chi connectivity index (χ1) is 9.49. The van der Waals surface area contributed by atoms with Gasteiger partial charge in [-0.2, -0.15) is 0 Å². The summed E-state index contributed by atoms with van der Waals surface area (Å²) < 4.78 is 5.33. The van der Waals surface area contributed by atoms with Crippen molar-refractivity contribution in [2.45, 2.75) is 39.5 Å². The number of carbonyl (C=O) groups is 1. The van der Waals surface area contributed by atoms with E-state index in [4.69, 9.17) is 27.8 Å². The van der Waals surface area contributed by atoms with Crippen molar-refractivity contribution in [2.75, 3.05) is 18.1 Å². The molecule has 0 bridgehead atoms. The second-order valence-corrected chi connectivity index (χ2v) is 5.36. The molecule has 0 amide bonds. The maximum absolute atomic E-state index is 12.0. The van der Waals surface area contributed by atoms with E-state index in [1.165, 1.54) is 12.1 Å². The molecule has 112 valence electrons. The van der Waals surface area contributed by atoms with Crippen molar-refractivity contribution >= 4 is 28.9 Å². The van der Waals surface area contributed by atoms with Gasteiger partial charge in [0.15, 0.2) is 0 Å². The minimum absolute atomic E-state index is 0.274. The molecule has 5 heteroatoms. The van der Waals surface area contributed by atoms with Crippen molar-refractivity contribution in [3.63, 3.8) is 0 Å². The number of carbonyl (C=O) groups excluding carboxylic acids is 1. The highest BCUT2D eigenvalue weighted by atomic mass is 35.5. The Labute approximate surface area is 125 Å². The van der Waals surface area contributed by atoms with Crippen LogP contribution in [0.1, 0.15) is 49.9 Å². The third-order valence-corrected chi connectivity index (χ3v) is 3.79. The molecule has 1 atom stereocenters. The number of benzene rings is 1. The summed E-state index contributed by atoms with van der Waals surface area (Å²) in [5.41, 5.74) is 12.3. The maximum Gasteiger partial charge on any atom is 0.338 e. The molecule has 1 unspecified atom stereocenters. The topological polar surface area (TPSA) is 78.3 Å². The number of esters is 1. The van der Waals surface area contributed by atoms with E-state index in [-0.39, 0.29) is 16.4 Å². The van der Waals surface area contributed by atoms with Crippen LogP contribution >= 0.6 is 11.6 Å². The van der Waals surface area contributed by atoms with Gasteiger partial charge in [0.05, 0.1) is 28.6 Å². The maximum atomic E-state index is 12.0. The molecule has 4 nitrogen and oxygen atoms in total. The van der Waals surface area contributed by atoms with E-state index in [1.807, 2.05) is 0 Å². The van der Waals surface area contributed by atoms with E-state index in [0.717, 1.165) is 25.7 Å². The van der Waals surface area contributed by atoms with Crippen LogP contribution < -0.4 is 11.5 Å². The molecule has 0 aromatic heterocycles. The van der Waals surface area contributed by atoms with Gasteiger partial charge in [0.2, 0.25) is 0 Å². The zero-order valence-corrected chi connectivity index (χ0v) is 12.9. The molecule has 0 radical (unpaired) electrons. The predicted octanol–water partition coefficient (Wildman–Crippen LogP) is 3.88. The quantitative estimate of drug-likeness (QED) is 0.591. The van der Waals surface area contributed by atoms with E-state index in [0.29, 0.717) is 18.1 Å². The van der Waals surface area contributed by atoms with E-state index in [9.17, 15) is 4.79 Å². The second-order valence-electron chi connectivity index (χ2n) is 4.98. The molecule has 1 aromatic carbocycles. The molecule has 0 saturated heterocycles. The van der Waals surface area contributed by atoms with Gasteiger partial charge in [-0.05, 0) is 24.5 Å². The zero-order chi connectivity index (χ0) is 15.1. The summed E-state index contributed by atoms with van der Waals surface area (Å²) in [6.07, 6.45) is 4.37. The highest BCUT2D eigenvalue weighted by Gasteiger charge is 2.14. The molecule has 0 spiro atoms. The first-order valence-corrected chi connectivity index (χ1v) is 7.38. The molecule has 0 fully saturated rings. The molecule has 1 aromatic rings. The molecule has 0 aliphatic carbocycles. The van der Waals surface area contributed by atoms with Gasteiger partial charge in [-0.25, -0.2) is 4.79 Å². The van der Waals surface area contributed by atoms with E-state index in [2.05, 4.69) is 13.8 Å². The van der Waals surface area contributed by atoms with Crippen molar-refractivity contribution in [3.05, 3.63) is 22.7 Å². The second kappa shape index (κ2) is 8.00. The molecule has 0 aliphatic rings. The lowest BCUT2D eigenvalue weighted by Gasteiger charge is -2.15. The number of rotatable bonds is 7. The molecule has 4 N–H and O–H groups in total. The number of nitrogens with two attached hydrogens (primary N) is 2. The fourth-order valence-corrected chi connectivity index (χ4v) is 2.07. The van der Waals surface area contributed by atoms with Gasteiger partial charge < -0.3 is 16.2 Å². The smallest absolute Gasteiger partial charge is 0.338 e. The Bertz CT molecular complexity index is 440. The fourth-order valence-electron chi connectivity index (χ4n) is 1.96. The number of hydrogen-bond acceptors (Lipinski definition) is 4. The lowest BCUT2D eigenvalue weighted by atomic mass is 10.0. The summed E-state index contributed by atoms with van der Waals surface area (Å²) in [5.74, 6) is -0.00379. The van der Waals surface area contributed by atoms with Crippen molar-refractivity contribution in [2.24, 2.45) is 5.92 Å². The third kappa shape index (κ3) is 4.60. The monoisotopic (exact) mass is 298 g/mol. The van der Waals surface area contributed by atoms with Gasteiger partial charge in [0.1, 0.15) is 0 Å². The van der Waals surface area contributed by atoms with E-state index >= 15 is 0 Å². The summed E-state index contributed by atoms with van der Waals surface area (Å²) in [4.78, 5) is 12.0. The van der Waals surface area contributed by atoms with Crippen molar-refractivity contribution in [1.29, 1.82) is 0 Å². The molecule has 20 heavy (non-hydrogen) atoms. The summed E-state index contributed by atoms with van der Waals surface area (Å²) in [6.45, 7) is 4.68. The predicted molar refractivity (Wildman–Crippen MR) is 83.9 cm³/mol. The molecule has 1 rings (SSSR count).